The van der Waals surface area contributed by atoms with Crippen molar-refractivity contribution >= 4 is 10.9 Å². The lowest BCUT2D eigenvalue weighted by molar-refractivity contribution is 0.603. The third-order valence-corrected chi connectivity index (χ3v) is 5.16. The van der Waals surface area contributed by atoms with Gasteiger partial charge in [-0.25, -0.2) is 0 Å². The molecule has 1 atom stereocenters. The first-order valence-corrected chi connectivity index (χ1v) is 9.43. The molecular formula is C17H29S+. The third kappa shape index (κ3) is 7.81. The van der Waals surface area contributed by atoms with Gasteiger partial charge in [0, 0.05) is 5.56 Å². The summed E-state index contributed by atoms with van der Waals surface area (Å²) in [6, 6.07) is 10.9. The first-order chi connectivity index (χ1) is 8.83. The van der Waals surface area contributed by atoms with Gasteiger partial charge >= 0.3 is 0 Å². The van der Waals surface area contributed by atoms with Gasteiger partial charge in [0.25, 0.3) is 0 Å². The third-order valence-electron chi connectivity index (χ3n) is 3.35. The van der Waals surface area contributed by atoms with E-state index in [1.54, 1.807) is 0 Å². The minimum atomic E-state index is 0.570. The van der Waals surface area contributed by atoms with Gasteiger partial charge in [-0.3, -0.25) is 0 Å². The molecule has 0 heterocycles. The van der Waals surface area contributed by atoms with Gasteiger partial charge in [-0.1, -0.05) is 69.4 Å². The van der Waals surface area contributed by atoms with Crippen LogP contribution in [0.4, 0.5) is 0 Å². The van der Waals surface area contributed by atoms with Crippen molar-refractivity contribution in [2.75, 3.05) is 12.0 Å². The van der Waals surface area contributed by atoms with Crippen LogP contribution in [-0.2, 0) is 16.6 Å². The highest BCUT2D eigenvalue weighted by Crippen LogP contribution is 2.11. The molecule has 0 aliphatic heterocycles. The molecule has 0 nitrogen and oxygen atoms in total. The van der Waals surface area contributed by atoms with Crippen molar-refractivity contribution in [2.24, 2.45) is 0 Å². The fraction of sp³-hybridized carbons (Fsp3) is 0.647. The highest BCUT2D eigenvalue weighted by molar-refractivity contribution is 7.95. The van der Waals surface area contributed by atoms with Crippen molar-refractivity contribution in [3.05, 3.63) is 35.9 Å². The SMILES string of the molecule is CCCCCCCCC[S+](C)Cc1ccccc1. The number of unbranched alkanes of at least 4 members (excludes halogenated alkanes) is 6. The normalized spacial score (nSPS) is 12.6. The molecule has 1 aromatic rings. The standard InChI is InChI=1S/C17H29S/c1-3-4-5-6-7-8-12-15-18(2)16-17-13-10-9-11-14-17/h9-11,13-14H,3-8,12,15-16H2,1-2H3/q+1. The Labute approximate surface area is 117 Å². The quantitative estimate of drug-likeness (QED) is 0.403. The largest absolute Gasteiger partial charge is 0.132 e. The average Bonchev–Trinajstić information content (AvgIpc) is 2.39. The average molecular weight is 265 g/mol. The van der Waals surface area contributed by atoms with Crippen LogP contribution in [0.3, 0.4) is 0 Å². The Balaban J connectivity index is 1.99. The molecule has 1 rings (SSSR count). The van der Waals surface area contributed by atoms with Crippen molar-refractivity contribution in [3.63, 3.8) is 0 Å². The van der Waals surface area contributed by atoms with Crippen LogP contribution in [0, 0.1) is 0 Å². The monoisotopic (exact) mass is 265 g/mol. The molecule has 18 heavy (non-hydrogen) atoms. The van der Waals surface area contributed by atoms with Crippen molar-refractivity contribution in [2.45, 2.75) is 57.6 Å². The van der Waals surface area contributed by atoms with Gasteiger partial charge in [-0.15, -0.1) is 0 Å². The Morgan fingerprint density at radius 3 is 2.11 bits per heavy atom. The van der Waals surface area contributed by atoms with E-state index in [-0.39, 0.29) is 0 Å². The second-order valence-corrected chi connectivity index (χ2v) is 7.50. The number of rotatable bonds is 10. The van der Waals surface area contributed by atoms with Crippen molar-refractivity contribution in [3.8, 4) is 0 Å². The van der Waals surface area contributed by atoms with Gasteiger partial charge in [0.2, 0.25) is 0 Å². The summed E-state index contributed by atoms with van der Waals surface area (Å²) in [7, 11) is 0.570. The second kappa shape index (κ2) is 10.5. The van der Waals surface area contributed by atoms with Crippen LogP contribution in [0.1, 0.15) is 57.4 Å². The summed E-state index contributed by atoms with van der Waals surface area (Å²) in [6.45, 7) is 2.28. The van der Waals surface area contributed by atoms with Crippen molar-refractivity contribution < 1.29 is 0 Å². The Hall–Kier alpha value is -0.430. The summed E-state index contributed by atoms with van der Waals surface area (Å²) >= 11 is 0. The summed E-state index contributed by atoms with van der Waals surface area (Å²) in [5.41, 5.74) is 1.51. The van der Waals surface area contributed by atoms with E-state index >= 15 is 0 Å². The molecule has 102 valence electrons. The summed E-state index contributed by atoms with van der Waals surface area (Å²) < 4.78 is 0. The van der Waals surface area contributed by atoms with E-state index in [0.29, 0.717) is 10.9 Å². The molecule has 0 aromatic heterocycles. The summed E-state index contributed by atoms with van der Waals surface area (Å²) in [5.74, 6) is 2.69. The smallest absolute Gasteiger partial charge is 0.0654 e. The highest BCUT2D eigenvalue weighted by Gasteiger charge is 2.10. The molecule has 0 aliphatic rings. The Morgan fingerprint density at radius 2 is 1.44 bits per heavy atom. The molecule has 0 radical (unpaired) electrons. The molecule has 0 fully saturated rings. The lowest BCUT2D eigenvalue weighted by Gasteiger charge is -2.04. The predicted octanol–water partition coefficient (Wildman–Crippen LogP) is 5.19. The predicted molar refractivity (Wildman–Crippen MR) is 86.3 cm³/mol. The van der Waals surface area contributed by atoms with Gasteiger partial charge in [-0.2, -0.15) is 0 Å². The van der Waals surface area contributed by atoms with Crippen molar-refractivity contribution in [1.82, 2.24) is 0 Å². The molecule has 1 aromatic carbocycles. The molecule has 0 spiro atoms. The summed E-state index contributed by atoms with van der Waals surface area (Å²) in [4.78, 5) is 0. The molecule has 1 unspecified atom stereocenters. The molecule has 0 saturated heterocycles. The van der Waals surface area contributed by atoms with Crippen molar-refractivity contribution in [1.29, 1.82) is 0 Å². The molecule has 0 aliphatic carbocycles. The summed E-state index contributed by atoms with van der Waals surface area (Å²) in [5, 5.41) is 0. The lowest BCUT2D eigenvalue weighted by atomic mass is 10.1. The van der Waals surface area contributed by atoms with Crippen LogP contribution in [0.15, 0.2) is 30.3 Å². The maximum Gasteiger partial charge on any atom is 0.132 e. The van der Waals surface area contributed by atoms with Gasteiger partial charge in [0.05, 0.1) is 6.26 Å². The van der Waals surface area contributed by atoms with Crippen LogP contribution in [0.25, 0.3) is 0 Å². The number of benzene rings is 1. The number of hydrogen-bond acceptors (Lipinski definition) is 0. The molecule has 0 bridgehead atoms. The van der Waals surface area contributed by atoms with Crippen LogP contribution < -0.4 is 0 Å². The van der Waals surface area contributed by atoms with Gasteiger partial charge in [0.1, 0.15) is 11.5 Å². The van der Waals surface area contributed by atoms with Gasteiger partial charge < -0.3 is 0 Å². The minimum absolute atomic E-state index is 0.570. The highest BCUT2D eigenvalue weighted by atomic mass is 32.2. The van der Waals surface area contributed by atoms with E-state index in [9.17, 15) is 0 Å². The fourth-order valence-corrected chi connectivity index (χ4v) is 3.84. The fourth-order valence-electron chi connectivity index (χ4n) is 2.24. The maximum atomic E-state index is 2.42. The number of hydrogen-bond donors (Lipinski definition) is 0. The Morgan fingerprint density at radius 1 is 0.833 bits per heavy atom. The zero-order valence-electron chi connectivity index (χ0n) is 12.2. The van der Waals surface area contributed by atoms with Crippen LogP contribution in [-0.4, -0.2) is 12.0 Å². The van der Waals surface area contributed by atoms with Gasteiger partial charge in [-0.05, 0) is 23.7 Å². The molecule has 0 saturated carbocycles. The van der Waals surface area contributed by atoms with Crippen LogP contribution in [0.2, 0.25) is 0 Å². The maximum absolute atomic E-state index is 2.42. The van der Waals surface area contributed by atoms with E-state index in [2.05, 4.69) is 43.5 Å². The van der Waals surface area contributed by atoms with E-state index < -0.39 is 0 Å². The topological polar surface area (TPSA) is 0 Å². The van der Waals surface area contributed by atoms with E-state index in [1.165, 1.54) is 62.0 Å². The van der Waals surface area contributed by atoms with Crippen LogP contribution >= 0.6 is 0 Å². The molecule has 1 heteroatoms. The van der Waals surface area contributed by atoms with E-state index in [0.717, 1.165) is 0 Å². The van der Waals surface area contributed by atoms with Crippen LogP contribution in [0.5, 0.6) is 0 Å². The lowest BCUT2D eigenvalue weighted by Crippen LogP contribution is -2.08. The zero-order chi connectivity index (χ0) is 13.1. The zero-order valence-corrected chi connectivity index (χ0v) is 13.0. The first-order valence-electron chi connectivity index (χ1n) is 7.46. The molecular weight excluding hydrogens is 236 g/mol. The first kappa shape index (κ1) is 15.6. The Bertz CT molecular complexity index is 281. The van der Waals surface area contributed by atoms with E-state index in [4.69, 9.17) is 0 Å². The van der Waals surface area contributed by atoms with Gasteiger partial charge in [0.15, 0.2) is 0 Å². The molecule has 0 N–H and O–H groups in total. The van der Waals surface area contributed by atoms with E-state index in [1.807, 2.05) is 0 Å². The molecule has 0 amide bonds. The second-order valence-electron chi connectivity index (χ2n) is 5.24. The minimum Gasteiger partial charge on any atom is -0.0654 e. The Kier molecular flexibility index (Phi) is 9.11. The summed E-state index contributed by atoms with van der Waals surface area (Å²) in [6.07, 6.45) is 12.4.